The average molecular weight is 160 g/mol. The minimum atomic E-state index is -0.267. The van der Waals surface area contributed by atoms with Crippen molar-refractivity contribution in [3.8, 4) is 0 Å². The molecule has 1 amide bonds. The molecule has 0 radical (unpaired) electrons. The molecule has 0 aromatic heterocycles. The standard InChI is InChI=1S/C6H12N2OS/c7-6(9)3-8-5-1-2-10-4-5/h5,8H,1-4H2,(H2,7,9). The average Bonchev–Trinajstić information content (AvgIpc) is 2.34. The fourth-order valence-electron chi connectivity index (χ4n) is 0.940. The molecule has 3 N–H and O–H groups in total. The second kappa shape index (κ2) is 3.83. The fraction of sp³-hybridized carbons (Fsp3) is 0.833. The Kier molecular flexibility index (Phi) is 3.02. The highest BCUT2D eigenvalue weighted by Crippen LogP contribution is 2.16. The van der Waals surface area contributed by atoms with Crippen LogP contribution < -0.4 is 11.1 Å². The van der Waals surface area contributed by atoms with Gasteiger partial charge in [0.1, 0.15) is 0 Å². The summed E-state index contributed by atoms with van der Waals surface area (Å²) in [6.07, 6.45) is 1.16. The Bertz CT molecular complexity index is 123. The molecule has 1 heterocycles. The predicted molar refractivity (Wildman–Crippen MR) is 42.9 cm³/mol. The van der Waals surface area contributed by atoms with Gasteiger partial charge in [0.15, 0.2) is 0 Å². The molecule has 4 heteroatoms. The minimum Gasteiger partial charge on any atom is -0.369 e. The van der Waals surface area contributed by atoms with Crippen LogP contribution in [-0.4, -0.2) is 30.0 Å². The Morgan fingerprint density at radius 2 is 2.60 bits per heavy atom. The van der Waals surface area contributed by atoms with Crippen LogP contribution in [0.4, 0.5) is 0 Å². The van der Waals surface area contributed by atoms with E-state index in [-0.39, 0.29) is 5.91 Å². The van der Waals surface area contributed by atoms with Crippen molar-refractivity contribution < 1.29 is 4.79 Å². The van der Waals surface area contributed by atoms with Crippen LogP contribution in [0.5, 0.6) is 0 Å². The first-order valence-electron chi connectivity index (χ1n) is 3.38. The lowest BCUT2D eigenvalue weighted by Crippen LogP contribution is -2.36. The smallest absolute Gasteiger partial charge is 0.231 e. The predicted octanol–water partition coefficient (Wildman–Crippen LogP) is -0.433. The van der Waals surface area contributed by atoms with E-state index in [2.05, 4.69) is 5.32 Å². The maximum atomic E-state index is 10.3. The van der Waals surface area contributed by atoms with E-state index < -0.39 is 0 Å². The number of hydrogen-bond acceptors (Lipinski definition) is 3. The van der Waals surface area contributed by atoms with E-state index in [4.69, 9.17) is 5.73 Å². The quantitative estimate of drug-likeness (QED) is 0.589. The number of primary amides is 1. The van der Waals surface area contributed by atoms with Crippen LogP contribution in [0, 0.1) is 0 Å². The summed E-state index contributed by atoms with van der Waals surface area (Å²) in [5, 5.41) is 3.09. The molecule has 1 aliphatic rings. The van der Waals surface area contributed by atoms with Gasteiger partial charge in [-0.2, -0.15) is 11.8 Å². The lowest BCUT2D eigenvalue weighted by molar-refractivity contribution is -0.117. The second-order valence-electron chi connectivity index (χ2n) is 2.41. The van der Waals surface area contributed by atoms with Gasteiger partial charge < -0.3 is 11.1 Å². The highest BCUT2D eigenvalue weighted by atomic mass is 32.2. The third kappa shape index (κ3) is 2.58. The number of rotatable bonds is 3. The van der Waals surface area contributed by atoms with E-state index >= 15 is 0 Å². The molecule has 0 saturated carbocycles. The minimum absolute atomic E-state index is 0.267. The normalized spacial score (nSPS) is 25.0. The molecule has 1 atom stereocenters. The summed E-state index contributed by atoms with van der Waals surface area (Å²) in [4.78, 5) is 10.3. The summed E-state index contributed by atoms with van der Waals surface area (Å²) < 4.78 is 0. The summed E-state index contributed by atoms with van der Waals surface area (Å²) in [5.41, 5.74) is 4.96. The third-order valence-electron chi connectivity index (χ3n) is 1.49. The van der Waals surface area contributed by atoms with Crippen molar-refractivity contribution in [1.82, 2.24) is 5.32 Å². The van der Waals surface area contributed by atoms with Crippen molar-refractivity contribution in [3.05, 3.63) is 0 Å². The van der Waals surface area contributed by atoms with Crippen LogP contribution in [0.3, 0.4) is 0 Å². The van der Waals surface area contributed by atoms with Crippen molar-refractivity contribution in [3.63, 3.8) is 0 Å². The van der Waals surface area contributed by atoms with E-state index in [1.54, 1.807) is 0 Å². The van der Waals surface area contributed by atoms with E-state index in [0.717, 1.165) is 12.2 Å². The van der Waals surface area contributed by atoms with Gasteiger partial charge in [0.2, 0.25) is 5.91 Å². The Labute approximate surface area is 64.7 Å². The molecule has 0 aromatic carbocycles. The lowest BCUT2D eigenvalue weighted by Gasteiger charge is -2.07. The monoisotopic (exact) mass is 160 g/mol. The maximum Gasteiger partial charge on any atom is 0.231 e. The van der Waals surface area contributed by atoms with Gasteiger partial charge in [-0.1, -0.05) is 0 Å². The molecule has 0 aromatic rings. The van der Waals surface area contributed by atoms with Gasteiger partial charge in [0.25, 0.3) is 0 Å². The Morgan fingerprint density at radius 1 is 1.80 bits per heavy atom. The Balaban J connectivity index is 2.07. The van der Waals surface area contributed by atoms with Gasteiger partial charge in [-0.25, -0.2) is 0 Å². The molecule has 0 aliphatic carbocycles. The van der Waals surface area contributed by atoms with Gasteiger partial charge >= 0.3 is 0 Å². The molecule has 0 spiro atoms. The van der Waals surface area contributed by atoms with E-state index in [1.807, 2.05) is 11.8 Å². The number of nitrogens with two attached hydrogens (primary N) is 1. The highest BCUT2D eigenvalue weighted by Gasteiger charge is 2.14. The molecule has 58 valence electrons. The van der Waals surface area contributed by atoms with Crippen LogP contribution in [0.1, 0.15) is 6.42 Å². The molecule has 1 unspecified atom stereocenters. The molecular weight excluding hydrogens is 148 g/mol. The number of carbonyl (C=O) groups is 1. The highest BCUT2D eigenvalue weighted by molar-refractivity contribution is 7.99. The zero-order valence-corrected chi connectivity index (χ0v) is 6.62. The molecule has 1 rings (SSSR count). The van der Waals surface area contributed by atoms with E-state index in [1.165, 1.54) is 5.75 Å². The van der Waals surface area contributed by atoms with Gasteiger partial charge in [0.05, 0.1) is 6.54 Å². The number of hydrogen-bond donors (Lipinski definition) is 2. The molecule has 1 saturated heterocycles. The van der Waals surface area contributed by atoms with Gasteiger partial charge in [0, 0.05) is 11.8 Å². The summed E-state index contributed by atoms with van der Waals surface area (Å²) in [7, 11) is 0. The van der Waals surface area contributed by atoms with E-state index in [0.29, 0.717) is 12.6 Å². The van der Waals surface area contributed by atoms with Gasteiger partial charge in [-0.05, 0) is 12.2 Å². The van der Waals surface area contributed by atoms with Crippen LogP contribution in [-0.2, 0) is 4.79 Å². The zero-order valence-electron chi connectivity index (χ0n) is 5.80. The maximum absolute atomic E-state index is 10.3. The van der Waals surface area contributed by atoms with Crippen LogP contribution in [0.15, 0.2) is 0 Å². The van der Waals surface area contributed by atoms with Crippen molar-refractivity contribution in [2.24, 2.45) is 5.73 Å². The SMILES string of the molecule is NC(=O)CNC1CCSC1. The molecule has 3 nitrogen and oxygen atoms in total. The van der Waals surface area contributed by atoms with Crippen LogP contribution >= 0.6 is 11.8 Å². The second-order valence-corrected chi connectivity index (χ2v) is 3.56. The van der Waals surface area contributed by atoms with Crippen molar-refractivity contribution in [1.29, 1.82) is 0 Å². The Morgan fingerprint density at radius 3 is 3.10 bits per heavy atom. The first kappa shape index (κ1) is 7.88. The molecule has 0 bridgehead atoms. The van der Waals surface area contributed by atoms with Crippen LogP contribution in [0.2, 0.25) is 0 Å². The van der Waals surface area contributed by atoms with Gasteiger partial charge in [-0.15, -0.1) is 0 Å². The van der Waals surface area contributed by atoms with Gasteiger partial charge in [-0.3, -0.25) is 4.79 Å². The fourth-order valence-corrected chi connectivity index (χ4v) is 2.13. The summed E-state index contributed by atoms with van der Waals surface area (Å²) >= 11 is 1.92. The zero-order chi connectivity index (χ0) is 7.40. The van der Waals surface area contributed by atoms with Crippen LogP contribution in [0.25, 0.3) is 0 Å². The third-order valence-corrected chi connectivity index (χ3v) is 2.66. The summed E-state index contributed by atoms with van der Waals surface area (Å²) in [6.45, 7) is 0.325. The molecule has 1 aliphatic heterocycles. The molecule has 10 heavy (non-hydrogen) atoms. The van der Waals surface area contributed by atoms with Crippen molar-refractivity contribution in [2.75, 3.05) is 18.1 Å². The lowest BCUT2D eigenvalue weighted by atomic mass is 10.3. The van der Waals surface area contributed by atoms with Crippen molar-refractivity contribution >= 4 is 17.7 Å². The Hall–Kier alpha value is -0.220. The van der Waals surface area contributed by atoms with Crippen molar-refractivity contribution in [2.45, 2.75) is 12.5 Å². The number of nitrogens with one attached hydrogen (secondary N) is 1. The largest absolute Gasteiger partial charge is 0.369 e. The number of carbonyl (C=O) groups excluding carboxylic acids is 1. The van der Waals surface area contributed by atoms with E-state index in [9.17, 15) is 4.79 Å². The summed E-state index contributed by atoms with van der Waals surface area (Å²) in [6, 6.07) is 0.512. The first-order chi connectivity index (χ1) is 4.79. The number of amides is 1. The first-order valence-corrected chi connectivity index (χ1v) is 4.54. The molecular formula is C6H12N2OS. The molecule has 1 fully saturated rings. The topological polar surface area (TPSA) is 55.1 Å². The number of thioether (sulfide) groups is 1. The summed E-state index contributed by atoms with van der Waals surface area (Å²) in [5.74, 6) is 2.06.